The Bertz CT molecular complexity index is 1410. The predicted octanol–water partition coefficient (Wildman–Crippen LogP) is 5.52. The summed E-state index contributed by atoms with van der Waals surface area (Å²) in [5.74, 6) is -1.70. The maximum Gasteiger partial charge on any atom is 0.416 e. The Morgan fingerprint density at radius 3 is 2.29 bits per heavy atom. The molecule has 0 aliphatic carbocycles. The number of rotatable bonds is 10. The Morgan fingerprint density at radius 2 is 1.67 bits per heavy atom. The van der Waals surface area contributed by atoms with Crippen molar-refractivity contribution in [1.29, 1.82) is 0 Å². The number of carbonyl (C=O) groups is 3. The van der Waals surface area contributed by atoms with Crippen molar-refractivity contribution in [3.05, 3.63) is 95.1 Å². The molecular formula is C32H33F3N2O5. The van der Waals surface area contributed by atoms with Crippen LogP contribution < -0.4 is 9.64 Å². The molecule has 0 radical (unpaired) electrons. The number of alkyl halides is 3. The molecule has 7 nitrogen and oxygen atoms in total. The summed E-state index contributed by atoms with van der Waals surface area (Å²) in [5, 5.41) is 0. The molecule has 3 aromatic rings. The first-order valence-corrected chi connectivity index (χ1v) is 13.6. The van der Waals surface area contributed by atoms with Crippen LogP contribution in [0, 0.1) is 0 Å². The molecule has 0 unspecified atom stereocenters. The van der Waals surface area contributed by atoms with Crippen LogP contribution in [-0.2, 0) is 26.9 Å². The smallest absolute Gasteiger partial charge is 0.416 e. The highest BCUT2D eigenvalue weighted by Gasteiger charge is 2.44. The Balaban J connectivity index is 1.66. The lowest BCUT2D eigenvalue weighted by molar-refractivity contribution is -0.154. The Morgan fingerprint density at radius 1 is 0.976 bits per heavy atom. The van der Waals surface area contributed by atoms with Gasteiger partial charge in [0.1, 0.15) is 5.75 Å². The van der Waals surface area contributed by atoms with E-state index in [4.69, 9.17) is 9.47 Å². The molecule has 0 spiro atoms. The van der Waals surface area contributed by atoms with E-state index >= 15 is 0 Å². The van der Waals surface area contributed by atoms with Gasteiger partial charge in [0.05, 0.1) is 12.7 Å². The van der Waals surface area contributed by atoms with Crippen LogP contribution in [0.2, 0.25) is 0 Å². The largest absolute Gasteiger partial charge is 0.497 e. The highest BCUT2D eigenvalue weighted by atomic mass is 19.4. The third-order valence-electron chi connectivity index (χ3n) is 7.40. The van der Waals surface area contributed by atoms with E-state index in [0.717, 1.165) is 6.07 Å². The molecule has 0 saturated heterocycles. The maximum absolute atomic E-state index is 14.3. The summed E-state index contributed by atoms with van der Waals surface area (Å²) in [6, 6.07) is 19.3. The first kappa shape index (κ1) is 30.8. The molecule has 0 saturated carbocycles. The highest BCUT2D eigenvalue weighted by Crippen LogP contribution is 2.43. The lowest BCUT2D eigenvalue weighted by Gasteiger charge is -2.29. The minimum Gasteiger partial charge on any atom is -0.497 e. The van der Waals surface area contributed by atoms with Gasteiger partial charge in [0, 0.05) is 50.1 Å². The van der Waals surface area contributed by atoms with Crippen molar-refractivity contribution in [3.63, 3.8) is 0 Å². The molecule has 1 heterocycles. The van der Waals surface area contributed by atoms with Crippen molar-refractivity contribution in [2.45, 2.75) is 38.0 Å². The fraction of sp³-hybridized carbons (Fsp3) is 0.344. The molecule has 0 bridgehead atoms. The first-order chi connectivity index (χ1) is 20.0. The zero-order chi connectivity index (χ0) is 30.4. The van der Waals surface area contributed by atoms with Crippen molar-refractivity contribution in [2.75, 3.05) is 38.7 Å². The number of carbonyl (C=O) groups excluding carboxylic acids is 3. The maximum atomic E-state index is 14.3. The van der Waals surface area contributed by atoms with E-state index in [1.807, 2.05) is 11.0 Å². The van der Waals surface area contributed by atoms with E-state index in [1.165, 1.54) is 31.1 Å². The number of methoxy groups -OCH3 is 1. The second-order valence-corrected chi connectivity index (χ2v) is 10.2. The van der Waals surface area contributed by atoms with E-state index in [0.29, 0.717) is 23.4 Å². The van der Waals surface area contributed by atoms with Crippen LogP contribution in [0.3, 0.4) is 0 Å². The van der Waals surface area contributed by atoms with Gasteiger partial charge in [-0.3, -0.25) is 14.4 Å². The van der Waals surface area contributed by atoms with Gasteiger partial charge in [-0.2, -0.15) is 13.2 Å². The fourth-order valence-electron chi connectivity index (χ4n) is 5.21. The summed E-state index contributed by atoms with van der Waals surface area (Å²) in [4.78, 5) is 41.9. The van der Waals surface area contributed by atoms with E-state index in [-0.39, 0.29) is 43.0 Å². The molecule has 1 aliphatic rings. The summed E-state index contributed by atoms with van der Waals surface area (Å²) < 4.78 is 53.5. The van der Waals surface area contributed by atoms with Crippen molar-refractivity contribution in [2.24, 2.45) is 0 Å². The number of hydrogen-bond acceptors (Lipinski definition) is 6. The van der Waals surface area contributed by atoms with Crippen molar-refractivity contribution in [1.82, 2.24) is 4.90 Å². The van der Waals surface area contributed by atoms with E-state index in [2.05, 4.69) is 0 Å². The number of Topliss-reactive ketones (excluding diaryl/α,β-unsaturated/α-hetero) is 1. The van der Waals surface area contributed by atoms with Gasteiger partial charge < -0.3 is 19.3 Å². The van der Waals surface area contributed by atoms with Crippen molar-refractivity contribution < 1.29 is 37.0 Å². The number of amides is 1. The lowest BCUT2D eigenvalue weighted by atomic mass is 9.86. The average molecular weight is 583 g/mol. The summed E-state index contributed by atoms with van der Waals surface area (Å²) in [7, 11) is 3.27. The summed E-state index contributed by atoms with van der Waals surface area (Å²) in [5.41, 5.74) is 0.363. The molecular weight excluding hydrogens is 549 g/mol. The van der Waals surface area contributed by atoms with Crippen LogP contribution in [0.5, 0.6) is 5.75 Å². The van der Waals surface area contributed by atoms with Crippen LogP contribution in [-0.4, -0.2) is 62.5 Å². The SMILES string of the molecule is COc1ccc([C@@H]2Cc3c(cccc3C(F)(F)F)N(CCN(C)CCC(=O)c3ccccc3)C(=O)[C@@H]2OC(C)=O)cc1. The van der Waals surface area contributed by atoms with Crippen LogP contribution >= 0.6 is 0 Å². The third-order valence-corrected chi connectivity index (χ3v) is 7.40. The number of ketones is 1. The second-order valence-electron chi connectivity index (χ2n) is 10.2. The Labute approximate surface area is 242 Å². The number of benzene rings is 3. The minimum absolute atomic E-state index is 0.0241. The van der Waals surface area contributed by atoms with Gasteiger partial charge in [0.2, 0.25) is 0 Å². The van der Waals surface area contributed by atoms with Crippen LogP contribution in [0.1, 0.15) is 46.3 Å². The molecule has 0 fully saturated rings. The van der Waals surface area contributed by atoms with Gasteiger partial charge in [0.15, 0.2) is 11.9 Å². The number of hydrogen-bond donors (Lipinski definition) is 0. The van der Waals surface area contributed by atoms with Gasteiger partial charge >= 0.3 is 12.1 Å². The number of halogens is 3. The number of fused-ring (bicyclic) bond motifs is 1. The van der Waals surface area contributed by atoms with E-state index in [9.17, 15) is 27.6 Å². The second kappa shape index (κ2) is 13.2. The van der Waals surface area contributed by atoms with Gasteiger partial charge in [0.25, 0.3) is 5.91 Å². The third kappa shape index (κ3) is 7.17. The van der Waals surface area contributed by atoms with Crippen LogP contribution in [0.4, 0.5) is 18.9 Å². The molecule has 42 heavy (non-hydrogen) atoms. The fourth-order valence-corrected chi connectivity index (χ4v) is 5.21. The first-order valence-electron chi connectivity index (χ1n) is 13.6. The van der Waals surface area contributed by atoms with Crippen LogP contribution in [0.25, 0.3) is 0 Å². The Kier molecular flexibility index (Phi) is 9.67. The van der Waals surface area contributed by atoms with Gasteiger partial charge in [-0.15, -0.1) is 0 Å². The molecule has 10 heteroatoms. The standard InChI is InChI=1S/C32H33F3N2O5/c1-21(38)42-30-25(22-12-14-24(41-3)15-13-22)20-26-27(32(33,34)35)10-7-11-28(26)37(31(30)40)19-18-36(2)17-16-29(39)23-8-5-4-6-9-23/h4-15,25,30H,16-20H2,1-3H3/t25-,30+/m0/s1. The van der Waals surface area contributed by atoms with Crippen molar-refractivity contribution >= 4 is 23.3 Å². The molecule has 4 rings (SSSR count). The van der Waals surface area contributed by atoms with Gasteiger partial charge in [-0.1, -0.05) is 48.5 Å². The molecule has 0 N–H and O–H groups in total. The molecule has 0 aromatic heterocycles. The molecule has 1 aliphatic heterocycles. The summed E-state index contributed by atoms with van der Waals surface area (Å²) in [6.07, 6.45) is -5.97. The minimum atomic E-state index is -4.67. The van der Waals surface area contributed by atoms with Crippen molar-refractivity contribution in [3.8, 4) is 5.75 Å². The van der Waals surface area contributed by atoms with E-state index < -0.39 is 35.6 Å². The topological polar surface area (TPSA) is 76.2 Å². The monoisotopic (exact) mass is 582 g/mol. The van der Waals surface area contributed by atoms with Gasteiger partial charge in [-0.05, 0) is 48.9 Å². The summed E-state index contributed by atoms with van der Waals surface area (Å²) in [6.45, 7) is 1.84. The number of likely N-dealkylation sites (N-methyl/N-ethyl adjacent to an activating group) is 1. The molecule has 1 amide bonds. The molecule has 222 valence electrons. The Hall–Kier alpha value is -4.18. The number of nitrogens with zero attached hydrogens (tertiary/aromatic N) is 2. The number of ether oxygens (including phenoxy) is 2. The molecule has 2 atom stereocenters. The average Bonchev–Trinajstić information content (AvgIpc) is 3.08. The normalized spacial score (nSPS) is 17.0. The summed E-state index contributed by atoms with van der Waals surface area (Å²) >= 11 is 0. The zero-order valence-electron chi connectivity index (χ0n) is 23.7. The molecule has 3 aromatic carbocycles. The number of esters is 1. The number of anilines is 1. The van der Waals surface area contributed by atoms with Gasteiger partial charge in [-0.25, -0.2) is 0 Å². The zero-order valence-corrected chi connectivity index (χ0v) is 23.7. The van der Waals surface area contributed by atoms with E-state index in [1.54, 1.807) is 55.6 Å². The highest BCUT2D eigenvalue weighted by molar-refractivity contribution is 6.00. The predicted molar refractivity (Wildman–Crippen MR) is 152 cm³/mol. The quantitative estimate of drug-likeness (QED) is 0.231. The lowest BCUT2D eigenvalue weighted by Crippen LogP contribution is -2.46. The van der Waals surface area contributed by atoms with Crippen LogP contribution in [0.15, 0.2) is 72.8 Å².